The molecule has 0 unspecified atom stereocenters. The number of hydrogen-bond donors (Lipinski definition) is 1. The van der Waals surface area contributed by atoms with Crippen molar-refractivity contribution in [2.75, 3.05) is 30.2 Å². The van der Waals surface area contributed by atoms with Crippen molar-refractivity contribution in [1.29, 1.82) is 0 Å². The molecule has 7 heteroatoms. The van der Waals surface area contributed by atoms with Crippen LogP contribution in [0.2, 0.25) is 0 Å². The highest BCUT2D eigenvalue weighted by atomic mass is 32.2. The maximum Gasteiger partial charge on any atom is 0.251 e. The van der Waals surface area contributed by atoms with E-state index >= 15 is 0 Å². The van der Waals surface area contributed by atoms with E-state index in [0.717, 1.165) is 29.7 Å². The van der Waals surface area contributed by atoms with E-state index in [1.165, 1.54) is 42.8 Å². The van der Waals surface area contributed by atoms with Crippen LogP contribution in [-0.2, 0) is 16.6 Å². The summed E-state index contributed by atoms with van der Waals surface area (Å²) in [5, 5.41) is 3.02. The molecule has 2 aromatic carbocycles. The fourth-order valence-electron chi connectivity index (χ4n) is 4.70. The van der Waals surface area contributed by atoms with Crippen LogP contribution in [0.1, 0.15) is 66.1 Å². The molecule has 1 fully saturated rings. The van der Waals surface area contributed by atoms with Gasteiger partial charge >= 0.3 is 0 Å². The van der Waals surface area contributed by atoms with Gasteiger partial charge in [0.15, 0.2) is 0 Å². The molecule has 0 saturated carbocycles. The lowest BCUT2D eigenvalue weighted by Gasteiger charge is -2.35. The molecule has 1 amide bonds. The number of anilines is 1. The highest BCUT2D eigenvalue weighted by molar-refractivity contribution is 7.92. The maximum absolute atomic E-state index is 12.6. The Morgan fingerprint density at radius 3 is 2.53 bits per heavy atom. The number of amides is 1. The lowest BCUT2D eigenvalue weighted by molar-refractivity contribution is 0.0947. The van der Waals surface area contributed by atoms with Crippen LogP contribution in [0.25, 0.3) is 0 Å². The van der Waals surface area contributed by atoms with E-state index in [1.807, 2.05) is 44.2 Å². The largest absolute Gasteiger partial charge is 0.352 e. The number of sulfonamides is 1. The Kier molecular flexibility index (Phi) is 9.14. The number of rotatable bonds is 10. The summed E-state index contributed by atoms with van der Waals surface area (Å²) in [7, 11) is -3.46. The topological polar surface area (TPSA) is 69.7 Å². The summed E-state index contributed by atoms with van der Waals surface area (Å²) in [6, 6.07) is 13.7. The molecule has 0 radical (unpaired) electrons. The molecule has 6 nitrogen and oxygen atoms in total. The Hall–Kier alpha value is -2.38. The number of hydrogen-bond acceptors (Lipinski definition) is 4. The molecule has 34 heavy (non-hydrogen) atoms. The average molecular weight is 486 g/mol. The summed E-state index contributed by atoms with van der Waals surface area (Å²) in [5.41, 5.74) is 4.02. The van der Waals surface area contributed by atoms with E-state index < -0.39 is 10.0 Å². The van der Waals surface area contributed by atoms with E-state index in [4.69, 9.17) is 0 Å². The van der Waals surface area contributed by atoms with Crippen LogP contribution in [0.4, 0.5) is 5.69 Å². The molecule has 1 N–H and O–H groups in total. The number of nitrogens with one attached hydrogen (secondary N) is 1. The first-order chi connectivity index (χ1) is 16.2. The van der Waals surface area contributed by atoms with Gasteiger partial charge < -0.3 is 10.2 Å². The molecule has 0 aliphatic carbocycles. The second-order valence-corrected chi connectivity index (χ2v) is 11.4. The first kappa shape index (κ1) is 26.2. The molecular weight excluding hydrogens is 446 g/mol. The third-order valence-electron chi connectivity index (χ3n) is 6.70. The van der Waals surface area contributed by atoms with Crippen LogP contribution < -0.4 is 9.62 Å². The fraction of sp³-hybridized carbons (Fsp3) is 0.519. The van der Waals surface area contributed by atoms with Crippen LogP contribution in [0, 0.1) is 13.8 Å². The number of benzene rings is 2. The Bertz CT molecular complexity index is 1070. The van der Waals surface area contributed by atoms with Crippen LogP contribution in [0.15, 0.2) is 42.5 Å². The molecule has 0 aromatic heterocycles. The lowest BCUT2D eigenvalue weighted by Crippen LogP contribution is -2.40. The molecule has 1 aliphatic rings. The van der Waals surface area contributed by atoms with Gasteiger partial charge in [-0.25, -0.2) is 8.42 Å². The van der Waals surface area contributed by atoms with Crippen LogP contribution in [-0.4, -0.2) is 51.2 Å². The predicted octanol–water partition coefficient (Wildman–Crippen LogP) is 4.65. The number of piperidine rings is 1. The van der Waals surface area contributed by atoms with Gasteiger partial charge in [0.2, 0.25) is 10.0 Å². The van der Waals surface area contributed by atoms with Crippen molar-refractivity contribution in [3.63, 3.8) is 0 Å². The van der Waals surface area contributed by atoms with Gasteiger partial charge in [0.05, 0.1) is 18.5 Å². The van der Waals surface area contributed by atoms with Crippen molar-refractivity contribution in [3.05, 3.63) is 64.7 Å². The molecule has 0 spiro atoms. The quantitative estimate of drug-likeness (QED) is 0.497. The molecule has 1 atom stereocenters. The van der Waals surface area contributed by atoms with Crippen molar-refractivity contribution in [2.24, 2.45) is 0 Å². The lowest BCUT2D eigenvalue weighted by atomic mass is 10.00. The van der Waals surface area contributed by atoms with E-state index in [2.05, 4.69) is 17.1 Å². The normalized spacial score (nSPS) is 16.9. The second kappa shape index (κ2) is 11.8. The second-order valence-electron chi connectivity index (χ2n) is 9.46. The summed E-state index contributed by atoms with van der Waals surface area (Å²) in [6.07, 6.45) is 7.25. The summed E-state index contributed by atoms with van der Waals surface area (Å²) in [4.78, 5) is 15.1. The third-order valence-corrected chi connectivity index (χ3v) is 7.83. The number of carbonyl (C=O) groups excluding carboxylic acids is 1. The third kappa shape index (κ3) is 7.06. The first-order valence-corrected chi connectivity index (χ1v) is 14.2. The Balaban J connectivity index is 1.57. The van der Waals surface area contributed by atoms with E-state index in [1.54, 1.807) is 12.1 Å². The van der Waals surface area contributed by atoms with Crippen molar-refractivity contribution in [2.45, 2.75) is 65.5 Å². The number of carbonyl (C=O) groups is 1. The van der Waals surface area contributed by atoms with Crippen LogP contribution in [0.3, 0.4) is 0 Å². The number of aryl methyl sites for hydroxylation is 2. The molecule has 1 heterocycles. The van der Waals surface area contributed by atoms with Gasteiger partial charge in [-0.3, -0.25) is 9.10 Å². The van der Waals surface area contributed by atoms with E-state index in [0.29, 0.717) is 23.8 Å². The van der Waals surface area contributed by atoms with Crippen molar-refractivity contribution < 1.29 is 13.2 Å². The standard InChI is InChI=1S/C27H39N3O3S/c1-5-25-9-6-7-17-29(25)18-8-16-28-27(31)24-14-12-23(13-15-24)20-30(34(4,32)33)26-19-21(2)10-11-22(26)3/h10-15,19,25H,5-9,16-18,20H2,1-4H3,(H,28,31)/t25-/m1/s1. The van der Waals surface area contributed by atoms with Gasteiger partial charge in [0.1, 0.15) is 0 Å². The minimum Gasteiger partial charge on any atom is -0.352 e. The molecule has 0 bridgehead atoms. The Labute approximate surface area is 205 Å². The Morgan fingerprint density at radius 2 is 1.85 bits per heavy atom. The Morgan fingerprint density at radius 1 is 1.12 bits per heavy atom. The minimum absolute atomic E-state index is 0.0910. The summed E-state index contributed by atoms with van der Waals surface area (Å²) in [6.45, 7) is 9.19. The highest BCUT2D eigenvalue weighted by Crippen LogP contribution is 2.26. The smallest absolute Gasteiger partial charge is 0.251 e. The molecule has 1 saturated heterocycles. The van der Waals surface area contributed by atoms with Gasteiger partial charge in [-0.1, -0.05) is 37.6 Å². The first-order valence-electron chi connectivity index (χ1n) is 12.3. The summed E-state index contributed by atoms with van der Waals surface area (Å²) >= 11 is 0. The highest BCUT2D eigenvalue weighted by Gasteiger charge is 2.21. The number of nitrogens with zero attached hydrogens (tertiary/aromatic N) is 2. The summed E-state index contributed by atoms with van der Waals surface area (Å²) in [5.74, 6) is -0.0910. The van der Waals surface area contributed by atoms with E-state index in [9.17, 15) is 13.2 Å². The molecule has 1 aliphatic heterocycles. The molecule has 2 aromatic rings. The van der Waals surface area contributed by atoms with Gasteiger partial charge in [0, 0.05) is 24.7 Å². The zero-order valence-electron chi connectivity index (χ0n) is 21.0. The van der Waals surface area contributed by atoms with Gasteiger partial charge in [0.25, 0.3) is 5.91 Å². The SMILES string of the molecule is CC[C@@H]1CCCCN1CCCNC(=O)c1ccc(CN(c2cc(C)ccc2C)S(C)(=O)=O)cc1. The average Bonchev–Trinajstić information content (AvgIpc) is 2.81. The monoisotopic (exact) mass is 485 g/mol. The van der Waals surface area contributed by atoms with Crippen LogP contribution >= 0.6 is 0 Å². The van der Waals surface area contributed by atoms with Crippen molar-refractivity contribution in [3.8, 4) is 0 Å². The zero-order chi connectivity index (χ0) is 24.7. The number of likely N-dealkylation sites (tertiary alicyclic amines) is 1. The molecule has 186 valence electrons. The molecular formula is C27H39N3O3S. The van der Waals surface area contributed by atoms with E-state index in [-0.39, 0.29) is 12.5 Å². The van der Waals surface area contributed by atoms with Gasteiger partial charge in [-0.15, -0.1) is 0 Å². The van der Waals surface area contributed by atoms with Crippen LogP contribution in [0.5, 0.6) is 0 Å². The summed E-state index contributed by atoms with van der Waals surface area (Å²) < 4.78 is 26.5. The zero-order valence-corrected chi connectivity index (χ0v) is 21.8. The fourth-order valence-corrected chi connectivity index (χ4v) is 5.64. The molecule has 3 rings (SSSR count). The minimum atomic E-state index is -3.46. The predicted molar refractivity (Wildman–Crippen MR) is 140 cm³/mol. The van der Waals surface area contributed by atoms with Crippen molar-refractivity contribution >= 4 is 21.6 Å². The van der Waals surface area contributed by atoms with Gasteiger partial charge in [-0.05, 0) is 81.0 Å². The van der Waals surface area contributed by atoms with Gasteiger partial charge in [-0.2, -0.15) is 0 Å². The van der Waals surface area contributed by atoms with Crippen molar-refractivity contribution in [1.82, 2.24) is 10.2 Å². The maximum atomic E-state index is 12.6.